The molecule has 1 fully saturated rings. The molecule has 15 heavy (non-hydrogen) atoms. The van der Waals surface area contributed by atoms with Crippen LogP contribution in [0.2, 0.25) is 4.34 Å². The van der Waals surface area contributed by atoms with Gasteiger partial charge in [0.15, 0.2) is 0 Å². The zero-order chi connectivity index (χ0) is 10.8. The standard InChI is InChI=1S/C12H15ClOS/c1-8-2-3-9(6-8)11(14)7-10-4-5-15-12(10)13/h4-5,8-9H,2-3,6-7H2,1H3. The normalized spacial score (nSPS) is 25.7. The number of carbonyl (C=O) groups excluding carboxylic acids is 1. The lowest BCUT2D eigenvalue weighted by Gasteiger charge is -2.07. The number of carbonyl (C=O) groups is 1. The number of ketones is 1. The average Bonchev–Trinajstić information content (AvgIpc) is 2.77. The molecule has 0 aliphatic heterocycles. The molecule has 0 amide bonds. The number of thiophene rings is 1. The molecule has 2 rings (SSSR count). The van der Waals surface area contributed by atoms with E-state index in [9.17, 15) is 4.79 Å². The molecule has 0 N–H and O–H groups in total. The van der Waals surface area contributed by atoms with E-state index in [0.717, 1.165) is 28.7 Å². The zero-order valence-corrected chi connectivity index (χ0v) is 10.4. The van der Waals surface area contributed by atoms with E-state index in [1.807, 2.05) is 11.4 Å². The lowest BCUT2D eigenvalue weighted by Crippen LogP contribution is -2.13. The van der Waals surface area contributed by atoms with Crippen LogP contribution in [0.25, 0.3) is 0 Å². The van der Waals surface area contributed by atoms with E-state index in [0.29, 0.717) is 12.2 Å². The van der Waals surface area contributed by atoms with Crippen LogP contribution in [0.1, 0.15) is 31.7 Å². The second-order valence-corrected chi connectivity index (χ2v) is 6.00. The second kappa shape index (κ2) is 4.67. The number of rotatable bonds is 3. The number of halogens is 1. The van der Waals surface area contributed by atoms with Gasteiger partial charge >= 0.3 is 0 Å². The van der Waals surface area contributed by atoms with Gasteiger partial charge in [-0.1, -0.05) is 18.5 Å². The number of hydrogen-bond acceptors (Lipinski definition) is 2. The summed E-state index contributed by atoms with van der Waals surface area (Å²) in [6, 6.07) is 1.96. The van der Waals surface area contributed by atoms with Crippen molar-refractivity contribution in [1.29, 1.82) is 0 Å². The molecule has 0 aromatic carbocycles. The summed E-state index contributed by atoms with van der Waals surface area (Å²) in [5.74, 6) is 1.38. The van der Waals surface area contributed by atoms with E-state index in [1.54, 1.807) is 0 Å². The summed E-state index contributed by atoms with van der Waals surface area (Å²) in [6.45, 7) is 2.23. The molecule has 0 spiro atoms. The minimum Gasteiger partial charge on any atom is -0.299 e. The molecule has 1 aliphatic rings. The lowest BCUT2D eigenvalue weighted by atomic mass is 9.97. The Hall–Kier alpha value is -0.340. The largest absolute Gasteiger partial charge is 0.299 e. The average molecular weight is 243 g/mol. The zero-order valence-electron chi connectivity index (χ0n) is 8.83. The van der Waals surface area contributed by atoms with Gasteiger partial charge in [0.2, 0.25) is 0 Å². The molecule has 1 saturated carbocycles. The van der Waals surface area contributed by atoms with Crippen molar-refractivity contribution in [2.75, 3.05) is 0 Å². The number of Topliss-reactive ketones (excluding diaryl/α,β-unsaturated/α-hetero) is 1. The Morgan fingerprint density at radius 1 is 1.60 bits per heavy atom. The van der Waals surface area contributed by atoms with E-state index in [1.165, 1.54) is 17.8 Å². The summed E-state index contributed by atoms with van der Waals surface area (Å²) in [6.07, 6.45) is 3.87. The monoisotopic (exact) mass is 242 g/mol. The highest BCUT2D eigenvalue weighted by Gasteiger charge is 2.27. The van der Waals surface area contributed by atoms with E-state index in [-0.39, 0.29) is 5.92 Å². The topological polar surface area (TPSA) is 17.1 Å². The first-order valence-corrected chi connectivity index (χ1v) is 6.67. The van der Waals surface area contributed by atoms with Crippen molar-refractivity contribution in [3.8, 4) is 0 Å². The van der Waals surface area contributed by atoms with Gasteiger partial charge in [-0.2, -0.15) is 0 Å². The second-order valence-electron chi connectivity index (χ2n) is 4.48. The van der Waals surface area contributed by atoms with Gasteiger partial charge in [0.1, 0.15) is 5.78 Å². The Kier molecular flexibility index (Phi) is 3.47. The fraction of sp³-hybridized carbons (Fsp3) is 0.583. The molecule has 0 saturated heterocycles. The maximum Gasteiger partial charge on any atom is 0.140 e. The van der Waals surface area contributed by atoms with E-state index >= 15 is 0 Å². The van der Waals surface area contributed by atoms with Crippen molar-refractivity contribution in [1.82, 2.24) is 0 Å². The fourth-order valence-corrected chi connectivity index (χ4v) is 3.20. The van der Waals surface area contributed by atoms with Gasteiger partial charge in [0.25, 0.3) is 0 Å². The smallest absolute Gasteiger partial charge is 0.140 e. The molecule has 3 heteroatoms. The molecule has 1 aromatic rings. The summed E-state index contributed by atoms with van der Waals surface area (Å²) in [5.41, 5.74) is 1.01. The van der Waals surface area contributed by atoms with E-state index in [4.69, 9.17) is 11.6 Å². The van der Waals surface area contributed by atoms with Gasteiger partial charge in [0, 0.05) is 12.3 Å². The van der Waals surface area contributed by atoms with Gasteiger partial charge in [-0.25, -0.2) is 0 Å². The predicted octanol–water partition coefficient (Wildman–Crippen LogP) is 3.95. The molecule has 1 heterocycles. The lowest BCUT2D eigenvalue weighted by molar-refractivity contribution is -0.122. The first-order valence-electron chi connectivity index (χ1n) is 5.41. The van der Waals surface area contributed by atoms with Crippen molar-refractivity contribution in [3.63, 3.8) is 0 Å². The van der Waals surface area contributed by atoms with Crippen LogP contribution in [0.15, 0.2) is 11.4 Å². The first-order chi connectivity index (χ1) is 7.16. The molecular weight excluding hydrogens is 228 g/mol. The molecule has 2 atom stereocenters. The first kappa shape index (κ1) is 11.2. The summed E-state index contributed by atoms with van der Waals surface area (Å²) < 4.78 is 0.773. The third-order valence-electron chi connectivity index (χ3n) is 3.21. The maximum absolute atomic E-state index is 12.0. The highest BCUT2D eigenvalue weighted by molar-refractivity contribution is 7.14. The van der Waals surface area contributed by atoms with Crippen molar-refractivity contribution in [2.24, 2.45) is 11.8 Å². The molecule has 1 aliphatic carbocycles. The van der Waals surface area contributed by atoms with E-state index < -0.39 is 0 Å². The van der Waals surface area contributed by atoms with Gasteiger partial charge < -0.3 is 0 Å². The van der Waals surface area contributed by atoms with Gasteiger partial charge in [0.05, 0.1) is 4.34 Å². The Morgan fingerprint density at radius 3 is 2.93 bits per heavy atom. The summed E-state index contributed by atoms with van der Waals surface area (Å²) in [5, 5.41) is 1.95. The Labute approximate surface area is 99.5 Å². The molecular formula is C12H15ClOS. The number of hydrogen-bond donors (Lipinski definition) is 0. The third kappa shape index (κ3) is 2.61. The SMILES string of the molecule is CC1CCC(C(=O)Cc2ccsc2Cl)C1. The minimum absolute atomic E-state index is 0.288. The van der Waals surface area contributed by atoms with Crippen molar-refractivity contribution < 1.29 is 4.79 Å². The minimum atomic E-state index is 0.288. The molecule has 82 valence electrons. The Morgan fingerprint density at radius 2 is 2.40 bits per heavy atom. The van der Waals surface area contributed by atoms with Crippen molar-refractivity contribution in [3.05, 3.63) is 21.3 Å². The summed E-state index contributed by atoms with van der Waals surface area (Å²) >= 11 is 7.49. The predicted molar refractivity (Wildman–Crippen MR) is 64.5 cm³/mol. The third-order valence-corrected chi connectivity index (χ3v) is 4.46. The summed E-state index contributed by atoms with van der Waals surface area (Å²) in [7, 11) is 0. The van der Waals surface area contributed by atoms with E-state index in [2.05, 4.69) is 6.92 Å². The molecule has 1 nitrogen and oxygen atoms in total. The Bertz CT molecular complexity index is 358. The summed E-state index contributed by atoms with van der Waals surface area (Å²) in [4.78, 5) is 12.0. The molecule has 1 aromatic heterocycles. The van der Waals surface area contributed by atoms with Gasteiger partial charge in [-0.3, -0.25) is 4.79 Å². The van der Waals surface area contributed by atoms with Crippen LogP contribution < -0.4 is 0 Å². The van der Waals surface area contributed by atoms with Crippen LogP contribution in [0.3, 0.4) is 0 Å². The molecule has 0 radical (unpaired) electrons. The highest BCUT2D eigenvalue weighted by atomic mass is 35.5. The van der Waals surface area contributed by atoms with Crippen molar-refractivity contribution in [2.45, 2.75) is 32.6 Å². The van der Waals surface area contributed by atoms with Crippen LogP contribution in [0.4, 0.5) is 0 Å². The molecule has 0 bridgehead atoms. The van der Waals surface area contributed by atoms with Crippen LogP contribution in [-0.4, -0.2) is 5.78 Å². The van der Waals surface area contributed by atoms with Gasteiger partial charge in [-0.15, -0.1) is 11.3 Å². The highest BCUT2D eigenvalue weighted by Crippen LogP contribution is 2.32. The van der Waals surface area contributed by atoms with Crippen molar-refractivity contribution >= 4 is 28.7 Å². The fourth-order valence-electron chi connectivity index (χ4n) is 2.28. The van der Waals surface area contributed by atoms with Crippen LogP contribution >= 0.6 is 22.9 Å². The van der Waals surface area contributed by atoms with Crippen LogP contribution in [0.5, 0.6) is 0 Å². The maximum atomic E-state index is 12.0. The molecule has 2 unspecified atom stereocenters. The van der Waals surface area contributed by atoms with Crippen LogP contribution in [-0.2, 0) is 11.2 Å². The Balaban J connectivity index is 1.95. The quantitative estimate of drug-likeness (QED) is 0.785. The van der Waals surface area contributed by atoms with Gasteiger partial charge in [-0.05, 0) is 42.2 Å². The van der Waals surface area contributed by atoms with Crippen LogP contribution in [0, 0.1) is 11.8 Å².